The Bertz CT molecular complexity index is 1390. The Morgan fingerprint density at radius 3 is 2.79 bits per heavy atom. The molecule has 3 N–H and O–H groups in total. The van der Waals surface area contributed by atoms with Gasteiger partial charge in [0.05, 0.1) is 35.8 Å². The first-order valence-electron chi connectivity index (χ1n) is 11.5. The highest BCUT2D eigenvalue weighted by Crippen LogP contribution is 2.40. The fourth-order valence-electron chi connectivity index (χ4n) is 4.30. The third kappa shape index (κ3) is 4.10. The van der Waals surface area contributed by atoms with Gasteiger partial charge in [0.2, 0.25) is 0 Å². The lowest BCUT2D eigenvalue weighted by Gasteiger charge is -2.28. The number of thiophene rings is 1. The summed E-state index contributed by atoms with van der Waals surface area (Å²) in [5.74, 6) is 0.491. The van der Waals surface area contributed by atoms with Crippen molar-refractivity contribution < 1.29 is 9.53 Å². The van der Waals surface area contributed by atoms with Gasteiger partial charge in [-0.15, -0.1) is 11.3 Å². The van der Waals surface area contributed by atoms with Crippen molar-refractivity contribution in [1.82, 2.24) is 9.97 Å². The summed E-state index contributed by atoms with van der Waals surface area (Å²) < 4.78 is 6.51. The quantitative estimate of drug-likeness (QED) is 0.396. The van der Waals surface area contributed by atoms with Crippen LogP contribution in [0.15, 0.2) is 43.0 Å². The second-order valence-corrected chi connectivity index (χ2v) is 9.29. The Labute approximate surface area is 202 Å². The molecule has 8 heteroatoms. The van der Waals surface area contributed by atoms with Crippen LogP contribution in [0.2, 0.25) is 0 Å². The summed E-state index contributed by atoms with van der Waals surface area (Å²) in [4.78, 5) is 24.6. The summed E-state index contributed by atoms with van der Waals surface area (Å²) in [6.45, 7) is 9.78. The first-order chi connectivity index (χ1) is 16.6. The van der Waals surface area contributed by atoms with Crippen molar-refractivity contribution in [2.45, 2.75) is 13.3 Å². The van der Waals surface area contributed by atoms with Crippen LogP contribution in [-0.4, -0.2) is 48.7 Å². The molecule has 0 atom stereocenters. The number of rotatable bonds is 7. The monoisotopic (exact) mass is 473 g/mol. The van der Waals surface area contributed by atoms with E-state index in [0.717, 1.165) is 75.5 Å². The van der Waals surface area contributed by atoms with Crippen molar-refractivity contribution in [3.8, 4) is 11.3 Å². The standard InChI is InChI=1S/C26H27N5O2S/c1-3-9-28-24-23-18-5-6-19(30-20(18)7-8-21(23)34-25(24)26(27)32)16-14-17(4-2)29-22(15-16)31-10-12-33-13-11-31/h4-8,14-15,28H,2-3,9-13H2,1H3,(H2,27,32). The average Bonchev–Trinajstić information content (AvgIpc) is 3.26. The molecule has 0 bridgehead atoms. The zero-order valence-electron chi connectivity index (χ0n) is 19.1. The first-order valence-corrected chi connectivity index (χ1v) is 12.3. The van der Waals surface area contributed by atoms with E-state index >= 15 is 0 Å². The number of hydrogen-bond acceptors (Lipinski definition) is 7. The molecule has 3 aromatic heterocycles. The average molecular weight is 474 g/mol. The number of primary amides is 1. The third-order valence-electron chi connectivity index (χ3n) is 5.97. The molecule has 4 aromatic rings. The molecule has 0 saturated carbocycles. The van der Waals surface area contributed by atoms with Crippen LogP contribution in [0.4, 0.5) is 11.5 Å². The number of benzene rings is 1. The van der Waals surface area contributed by atoms with E-state index in [1.54, 1.807) is 6.08 Å². The summed E-state index contributed by atoms with van der Waals surface area (Å²) in [7, 11) is 0. The summed E-state index contributed by atoms with van der Waals surface area (Å²) in [6, 6.07) is 12.2. The first kappa shape index (κ1) is 22.3. The lowest BCUT2D eigenvalue weighted by Crippen LogP contribution is -2.36. The lowest BCUT2D eigenvalue weighted by molar-refractivity contribution is 0.100. The van der Waals surface area contributed by atoms with Crippen LogP contribution in [-0.2, 0) is 4.74 Å². The van der Waals surface area contributed by atoms with E-state index in [9.17, 15) is 4.79 Å². The molecule has 1 amide bonds. The molecule has 7 nitrogen and oxygen atoms in total. The number of morpholine rings is 1. The van der Waals surface area contributed by atoms with E-state index in [1.807, 2.05) is 24.3 Å². The van der Waals surface area contributed by atoms with Crippen LogP contribution in [0, 0.1) is 0 Å². The van der Waals surface area contributed by atoms with Crippen molar-refractivity contribution in [3.05, 3.63) is 53.5 Å². The number of nitrogens with one attached hydrogen (secondary N) is 1. The highest BCUT2D eigenvalue weighted by atomic mass is 32.1. The topological polar surface area (TPSA) is 93.4 Å². The van der Waals surface area contributed by atoms with E-state index in [-0.39, 0.29) is 0 Å². The number of nitrogens with two attached hydrogens (primary N) is 1. The van der Waals surface area contributed by atoms with Gasteiger partial charge in [-0.3, -0.25) is 4.79 Å². The molecule has 5 rings (SSSR count). The maximum absolute atomic E-state index is 12.1. The fourth-order valence-corrected chi connectivity index (χ4v) is 5.35. The minimum absolute atomic E-state index is 0.415. The molecule has 1 aliphatic heterocycles. The minimum atomic E-state index is -0.415. The van der Waals surface area contributed by atoms with E-state index in [1.165, 1.54) is 11.3 Å². The van der Waals surface area contributed by atoms with Crippen LogP contribution in [0.1, 0.15) is 28.7 Å². The Morgan fingerprint density at radius 2 is 2.06 bits per heavy atom. The normalized spacial score (nSPS) is 14.0. The highest BCUT2D eigenvalue weighted by molar-refractivity contribution is 7.21. The lowest BCUT2D eigenvalue weighted by atomic mass is 10.1. The molecular weight excluding hydrogens is 446 g/mol. The van der Waals surface area contributed by atoms with Gasteiger partial charge >= 0.3 is 0 Å². The zero-order valence-corrected chi connectivity index (χ0v) is 20.0. The number of carbonyl (C=O) groups is 1. The number of amides is 1. The Kier molecular flexibility index (Phi) is 6.17. The molecule has 0 radical (unpaired) electrons. The van der Waals surface area contributed by atoms with Crippen LogP contribution in [0.3, 0.4) is 0 Å². The van der Waals surface area contributed by atoms with E-state index in [0.29, 0.717) is 18.1 Å². The van der Waals surface area contributed by atoms with Crippen molar-refractivity contribution in [1.29, 1.82) is 0 Å². The van der Waals surface area contributed by atoms with E-state index in [2.05, 4.69) is 35.9 Å². The van der Waals surface area contributed by atoms with E-state index < -0.39 is 5.91 Å². The second kappa shape index (κ2) is 9.40. The van der Waals surface area contributed by atoms with Crippen LogP contribution >= 0.6 is 11.3 Å². The molecule has 1 aromatic carbocycles. The van der Waals surface area contributed by atoms with Crippen molar-refractivity contribution in [2.24, 2.45) is 5.73 Å². The SMILES string of the molecule is C=Cc1cc(-c2ccc3c(ccc4sc(C(N)=O)c(NCCC)c43)n2)cc(N2CCOCC2)n1. The summed E-state index contributed by atoms with van der Waals surface area (Å²) >= 11 is 1.42. The number of hydrogen-bond donors (Lipinski definition) is 2. The maximum Gasteiger partial charge on any atom is 0.260 e. The van der Waals surface area contributed by atoms with Gasteiger partial charge in [-0.05, 0) is 48.9 Å². The van der Waals surface area contributed by atoms with Gasteiger partial charge in [0.1, 0.15) is 10.7 Å². The molecule has 0 aliphatic carbocycles. The number of nitrogens with zero attached hydrogens (tertiary/aromatic N) is 3. The molecule has 1 saturated heterocycles. The summed E-state index contributed by atoms with van der Waals surface area (Å²) in [5, 5.41) is 5.41. The maximum atomic E-state index is 12.1. The second-order valence-electron chi connectivity index (χ2n) is 8.24. The van der Waals surface area contributed by atoms with Gasteiger partial charge in [-0.1, -0.05) is 13.5 Å². The molecule has 0 unspecified atom stereocenters. The number of ether oxygens (including phenoxy) is 1. The third-order valence-corrected chi connectivity index (χ3v) is 7.14. The number of carbonyl (C=O) groups excluding carboxylic acids is 1. The van der Waals surface area contributed by atoms with Crippen molar-refractivity contribution in [2.75, 3.05) is 43.1 Å². The predicted octanol–water partition coefficient (Wildman–Crippen LogP) is 4.91. The Morgan fingerprint density at radius 1 is 1.24 bits per heavy atom. The van der Waals surface area contributed by atoms with Crippen LogP contribution in [0.25, 0.3) is 38.3 Å². The molecule has 174 valence electrons. The van der Waals surface area contributed by atoms with Crippen LogP contribution < -0.4 is 16.0 Å². The van der Waals surface area contributed by atoms with E-state index in [4.69, 9.17) is 20.4 Å². The Hall–Kier alpha value is -3.49. The van der Waals surface area contributed by atoms with Crippen molar-refractivity contribution in [3.63, 3.8) is 0 Å². The zero-order chi connectivity index (χ0) is 23.7. The molecule has 1 fully saturated rings. The van der Waals surface area contributed by atoms with Crippen LogP contribution in [0.5, 0.6) is 0 Å². The molecular formula is C26H27N5O2S. The molecule has 0 spiro atoms. The summed E-state index contributed by atoms with van der Waals surface area (Å²) in [6.07, 6.45) is 2.71. The van der Waals surface area contributed by atoms with Gasteiger partial charge in [-0.2, -0.15) is 0 Å². The smallest absolute Gasteiger partial charge is 0.260 e. The highest BCUT2D eigenvalue weighted by Gasteiger charge is 2.19. The fraction of sp³-hybridized carbons (Fsp3) is 0.269. The number of fused-ring (bicyclic) bond motifs is 3. The number of pyridine rings is 2. The molecule has 34 heavy (non-hydrogen) atoms. The van der Waals surface area contributed by atoms with Gasteiger partial charge in [0, 0.05) is 40.7 Å². The molecule has 4 heterocycles. The van der Waals surface area contributed by atoms with Gasteiger partial charge < -0.3 is 20.7 Å². The summed E-state index contributed by atoms with van der Waals surface area (Å²) in [5.41, 5.74) is 10.0. The van der Waals surface area contributed by atoms with Gasteiger partial charge in [-0.25, -0.2) is 9.97 Å². The predicted molar refractivity (Wildman–Crippen MR) is 141 cm³/mol. The van der Waals surface area contributed by atoms with Crippen molar-refractivity contribution >= 4 is 55.8 Å². The minimum Gasteiger partial charge on any atom is -0.383 e. The number of aromatic nitrogens is 2. The van der Waals surface area contributed by atoms with Gasteiger partial charge in [0.25, 0.3) is 5.91 Å². The van der Waals surface area contributed by atoms with Gasteiger partial charge in [0.15, 0.2) is 0 Å². The molecule has 1 aliphatic rings. The largest absolute Gasteiger partial charge is 0.383 e. The number of anilines is 2. The Balaban J connectivity index is 1.63.